The van der Waals surface area contributed by atoms with E-state index in [4.69, 9.17) is 14.2 Å². The zero-order valence-corrected chi connectivity index (χ0v) is 17.3. The first-order chi connectivity index (χ1) is 15.4. The van der Waals surface area contributed by atoms with E-state index in [9.17, 15) is 19.2 Å². The van der Waals surface area contributed by atoms with Crippen molar-refractivity contribution in [2.24, 2.45) is 0 Å². The molecule has 2 amide bonds. The Morgan fingerprint density at radius 2 is 1.84 bits per heavy atom. The van der Waals surface area contributed by atoms with Crippen molar-refractivity contribution in [1.29, 1.82) is 0 Å². The van der Waals surface area contributed by atoms with Crippen molar-refractivity contribution in [3.05, 3.63) is 60.2 Å². The molecule has 0 bridgehead atoms. The largest absolute Gasteiger partial charge is 0.478 e. The van der Waals surface area contributed by atoms with Gasteiger partial charge in [0.25, 0.3) is 11.8 Å². The van der Waals surface area contributed by atoms with E-state index < -0.39 is 36.5 Å². The SMILES string of the molecule is CCOC(=O)/C=C/c1ccc(NC(=O)COC(=O)CC2Oc3ccccc3NC2=O)cc1. The van der Waals surface area contributed by atoms with Crippen molar-refractivity contribution >= 4 is 41.2 Å². The van der Waals surface area contributed by atoms with Crippen LogP contribution in [0.5, 0.6) is 5.75 Å². The maximum atomic E-state index is 12.1. The van der Waals surface area contributed by atoms with E-state index in [0.717, 1.165) is 5.56 Å². The van der Waals surface area contributed by atoms with Gasteiger partial charge in [-0.3, -0.25) is 14.4 Å². The van der Waals surface area contributed by atoms with Crippen LogP contribution in [0.1, 0.15) is 18.9 Å². The van der Waals surface area contributed by atoms with Gasteiger partial charge in [-0.25, -0.2) is 4.79 Å². The highest BCUT2D eigenvalue weighted by Crippen LogP contribution is 2.29. The maximum absolute atomic E-state index is 12.1. The first-order valence-corrected chi connectivity index (χ1v) is 9.91. The van der Waals surface area contributed by atoms with Crippen LogP contribution < -0.4 is 15.4 Å². The molecule has 0 saturated carbocycles. The predicted octanol–water partition coefficient (Wildman–Crippen LogP) is 2.53. The third-order valence-corrected chi connectivity index (χ3v) is 4.32. The van der Waals surface area contributed by atoms with Crippen molar-refractivity contribution < 1.29 is 33.4 Å². The number of nitrogens with one attached hydrogen (secondary N) is 2. The van der Waals surface area contributed by atoms with Crippen molar-refractivity contribution in [3.63, 3.8) is 0 Å². The van der Waals surface area contributed by atoms with Gasteiger partial charge in [0.15, 0.2) is 12.7 Å². The highest BCUT2D eigenvalue weighted by atomic mass is 16.5. The monoisotopic (exact) mass is 438 g/mol. The molecule has 2 aromatic rings. The minimum Gasteiger partial charge on any atom is -0.478 e. The lowest BCUT2D eigenvalue weighted by atomic mass is 10.1. The summed E-state index contributed by atoms with van der Waals surface area (Å²) in [5.74, 6) is -1.70. The number of anilines is 2. The summed E-state index contributed by atoms with van der Waals surface area (Å²) < 4.78 is 15.3. The number of carbonyl (C=O) groups excluding carboxylic acids is 4. The minimum absolute atomic E-state index is 0.299. The van der Waals surface area contributed by atoms with Gasteiger partial charge in [-0.05, 0) is 42.8 Å². The van der Waals surface area contributed by atoms with E-state index in [0.29, 0.717) is 23.7 Å². The van der Waals surface area contributed by atoms with E-state index in [1.807, 2.05) is 0 Å². The molecule has 3 rings (SSSR count). The number of benzene rings is 2. The molecule has 0 aliphatic carbocycles. The fourth-order valence-electron chi connectivity index (χ4n) is 2.81. The lowest BCUT2D eigenvalue weighted by Gasteiger charge is -2.25. The van der Waals surface area contributed by atoms with Crippen LogP contribution in [0, 0.1) is 0 Å². The van der Waals surface area contributed by atoms with Crippen molar-refractivity contribution in [2.75, 3.05) is 23.8 Å². The molecular formula is C23H22N2O7. The zero-order chi connectivity index (χ0) is 22.9. The summed E-state index contributed by atoms with van der Waals surface area (Å²) in [6.07, 6.45) is 1.55. The molecule has 1 unspecified atom stereocenters. The van der Waals surface area contributed by atoms with Crippen LogP contribution in [0.3, 0.4) is 0 Å². The standard InChI is InChI=1S/C23H22N2O7/c1-2-30-21(27)12-9-15-7-10-16(11-8-15)24-20(26)14-31-22(28)13-19-23(29)25-17-5-3-4-6-18(17)32-19/h3-12,19H,2,13-14H2,1H3,(H,24,26)(H,25,29)/b12-9+. The highest BCUT2D eigenvalue weighted by molar-refractivity contribution is 5.99. The number of fused-ring (bicyclic) bond motifs is 1. The molecule has 1 heterocycles. The Balaban J connectivity index is 1.43. The number of hydrogen-bond acceptors (Lipinski definition) is 7. The normalized spacial score (nSPS) is 14.7. The Morgan fingerprint density at radius 1 is 1.09 bits per heavy atom. The van der Waals surface area contributed by atoms with E-state index in [2.05, 4.69) is 10.6 Å². The van der Waals surface area contributed by atoms with Crippen LogP contribution in [0.15, 0.2) is 54.6 Å². The predicted molar refractivity (Wildman–Crippen MR) is 116 cm³/mol. The molecule has 0 fully saturated rings. The Morgan fingerprint density at radius 3 is 2.59 bits per heavy atom. The molecule has 1 aliphatic rings. The van der Waals surface area contributed by atoms with Gasteiger partial charge in [-0.15, -0.1) is 0 Å². The van der Waals surface area contributed by atoms with Gasteiger partial charge in [0.05, 0.1) is 18.7 Å². The summed E-state index contributed by atoms with van der Waals surface area (Å²) >= 11 is 0. The summed E-state index contributed by atoms with van der Waals surface area (Å²) in [7, 11) is 0. The van der Waals surface area contributed by atoms with Crippen molar-refractivity contribution in [2.45, 2.75) is 19.4 Å². The first kappa shape index (κ1) is 22.5. The number of carbonyl (C=O) groups is 4. The lowest BCUT2D eigenvalue weighted by Crippen LogP contribution is -2.39. The van der Waals surface area contributed by atoms with Crippen LogP contribution in [-0.2, 0) is 28.7 Å². The number of ether oxygens (including phenoxy) is 3. The molecule has 1 aliphatic heterocycles. The van der Waals surface area contributed by atoms with Gasteiger partial charge in [-0.1, -0.05) is 24.3 Å². The summed E-state index contributed by atoms with van der Waals surface area (Å²) in [4.78, 5) is 47.4. The number of rotatable bonds is 8. The van der Waals surface area contributed by atoms with Gasteiger partial charge < -0.3 is 24.8 Å². The summed E-state index contributed by atoms with van der Waals surface area (Å²) in [5, 5.41) is 5.25. The van der Waals surface area contributed by atoms with Crippen LogP contribution in [0.4, 0.5) is 11.4 Å². The molecule has 0 saturated heterocycles. The number of amides is 2. The second kappa shape index (κ2) is 10.8. The Hall–Kier alpha value is -4.14. The summed E-state index contributed by atoms with van der Waals surface area (Å²) in [6.45, 7) is 1.52. The minimum atomic E-state index is -1.03. The molecule has 32 heavy (non-hydrogen) atoms. The van der Waals surface area contributed by atoms with E-state index >= 15 is 0 Å². The second-order valence-corrected chi connectivity index (χ2v) is 6.71. The molecule has 2 N–H and O–H groups in total. The number of esters is 2. The number of para-hydroxylation sites is 2. The summed E-state index contributed by atoms with van der Waals surface area (Å²) in [6, 6.07) is 13.6. The van der Waals surface area contributed by atoms with Crippen LogP contribution in [0.25, 0.3) is 6.08 Å². The Kier molecular flexibility index (Phi) is 7.58. The van der Waals surface area contributed by atoms with Crippen molar-refractivity contribution in [3.8, 4) is 5.75 Å². The molecule has 1 atom stereocenters. The van der Waals surface area contributed by atoms with Crippen LogP contribution >= 0.6 is 0 Å². The van der Waals surface area contributed by atoms with Crippen LogP contribution in [-0.4, -0.2) is 43.1 Å². The molecular weight excluding hydrogens is 416 g/mol. The van der Waals surface area contributed by atoms with E-state index in [1.54, 1.807) is 61.5 Å². The third-order valence-electron chi connectivity index (χ3n) is 4.32. The van der Waals surface area contributed by atoms with Gasteiger partial charge in [0, 0.05) is 11.8 Å². The average molecular weight is 438 g/mol. The van der Waals surface area contributed by atoms with Gasteiger partial charge in [0.2, 0.25) is 0 Å². The topological polar surface area (TPSA) is 120 Å². The summed E-state index contributed by atoms with van der Waals surface area (Å²) in [5.41, 5.74) is 1.77. The van der Waals surface area contributed by atoms with E-state index in [-0.39, 0.29) is 6.42 Å². The van der Waals surface area contributed by atoms with Gasteiger partial charge >= 0.3 is 11.9 Å². The highest BCUT2D eigenvalue weighted by Gasteiger charge is 2.30. The fraction of sp³-hybridized carbons (Fsp3) is 0.217. The quantitative estimate of drug-likeness (QED) is 0.480. The maximum Gasteiger partial charge on any atom is 0.330 e. The Bertz CT molecular complexity index is 1030. The molecule has 9 nitrogen and oxygen atoms in total. The molecule has 9 heteroatoms. The molecule has 166 valence electrons. The molecule has 2 aromatic carbocycles. The van der Waals surface area contributed by atoms with Gasteiger partial charge in [-0.2, -0.15) is 0 Å². The third kappa shape index (κ3) is 6.43. The van der Waals surface area contributed by atoms with Crippen molar-refractivity contribution in [1.82, 2.24) is 0 Å². The van der Waals surface area contributed by atoms with Gasteiger partial charge in [0.1, 0.15) is 5.75 Å². The lowest BCUT2D eigenvalue weighted by molar-refractivity contribution is -0.150. The average Bonchev–Trinajstić information content (AvgIpc) is 2.78. The zero-order valence-electron chi connectivity index (χ0n) is 17.3. The second-order valence-electron chi connectivity index (χ2n) is 6.71. The number of hydrogen-bond donors (Lipinski definition) is 2. The Labute approximate surface area is 184 Å². The van der Waals surface area contributed by atoms with Crippen LogP contribution in [0.2, 0.25) is 0 Å². The molecule has 0 aromatic heterocycles. The molecule has 0 radical (unpaired) electrons. The first-order valence-electron chi connectivity index (χ1n) is 9.91. The smallest absolute Gasteiger partial charge is 0.330 e. The van der Waals surface area contributed by atoms with E-state index in [1.165, 1.54) is 6.08 Å². The fourth-order valence-corrected chi connectivity index (χ4v) is 2.81. The molecule has 0 spiro atoms.